The Hall–Kier alpha value is -0.530. The fourth-order valence-corrected chi connectivity index (χ4v) is 3.53. The predicted molar refractivity (Wildman–Crippen MR) is 51.8 cm³/mol. The zero-order valence-corrected chi connectivity index (χ0v) is 8.71. The first-order valence-electron chi connectivity index (χ1n) is 5.24. The van der Waals surface area contributed by atoms with Gasteiger partial charge in [-0.15, -0.1) is 0 Å². The van der Waals surface area contributed by atoms with Crippen molar-refractivity contribution in [2.75, 3.05) is 0 Å². The Kier molecular flexibility index (Phi) is 1.73. The maximum Gasteiger partial charge on any atom is 0.220 e. The summed E-state index contributed by atoms with van der Waals surface area (Å²) < 4.78 is 0. The van der Waals surface area contributed by atoms with Gasteiger partial charge in [-0.3, -0.25) is 4.79 Å². The van der Waals surface area contributed by atoms with Gasteiger partial charge in [-0.2, -0.15) is 0 Å². The van der Waals surface area contributed by atoms with Crippen LogP contribution in [-0.4, -0.2) is 5.91 Å². The Balaban J connectivity index is 2.16. The fourth-order valence-electron chi connectivity index (χ4n) is 3.53. The molecule has 3 aliphatic carbocycles. The Morgan fingerprint density at radius 1 is 1.38 bits per heavy atom. The van der Waals surface area contributed by atoms with E-state index >= 15 is 0 Å². The zero-order chi connectivity index (χ0) is 9.80. The van der Waals surface area contributed by atoms with Crippen molar-refractivity contribution in [3.8, 4) is 0 Å². The van der Waals surface area contributed by atoms with E-state index in [-0.39, 0.29) is 11.8 Å². The van der Waals surface area contributed by atoms with E-state index in [2.05, 4.69) is 20.8 Å². The molecule has 0 radical (unpaired) electrons. The van der Waals surface area contributed by atoms with Crippen LogP contribution in [0.1, 0.15) is 33.6 Å². The van der Waals surface area contributed by atoms with Crippen molar-refractivity contribution in [1.82, 2.24) is 0 Å². The van der Waals surface area contributed by atoms with E-state index in [1.165, 1.54) is 6.42 Å². The summed E-state index contributed by atoms with van der Waals surface area (Å²) in [4.78, 5) is 11.2. The average molecular weight is 181 g/mol. The van der Waals surface area contributed by atoms with Crippen LogP contribution in [0.15, 0.2) is 0 Å². The third kappa shape index (κ3) is 1.04. The predicted octanol–water partition coefficient (Wildman–Crippen LogP) is 1.79. The van der Waals surface area contributed by atoms with Crippen molar-refractivity contribution >= 4 is 5.91 Å². The number of primary amides is 1. The van der Waals surface area contributed by atoms with Crippen molar-refractivity contribution in [3.63, 3.8) is 0 Å². The molecule has 0 aromatic rings. The van der Waals surface area contributed by atoms with Crippen LogP contribution in [0.5, 0.6) is 0 Å². The monoisotopic (exact) mass is 181 g/mol. The molecule has 13 heavy (non-hydrogen) atoms. The molecular weight excluding hydrogens is 162 g/mol. The molecule has 3 rings (SSSR count). The van der Waals surface area contributed by atoms with Gasteiger partial charge in [0.1, 0.15) is 0 Å². The van der Waals surface area contributed by atoms with E-state index in [1.54, 1.807) is 0 Å². The smallest absolute Gasteiger partial charge is 0.220 e. The largest absolute Gasteiger partial charge is 0.369 e. The van der Waals surface area contributed by atoms with E-state index in [9.17, 15) is 4.79 Å². The second-order valence-corrected chi connectivity index (χ2v) is 5.46. The first-order valence-corrected chi connectivity index (χ1v) is 5.24. The summed E-state index contributed by atoms with van der Waals surface area (Å²) in [5.74, 6) is 2.03. The SMILES string of the molecule is C[C@@H]1[C@H]2C[C@@H](C[C@H]1C(N)=O)C2(C)C. The topological polar surface area (TPSA) is 43.1 Å². The van der Waals surface area contributed by atoms with Gasteiger partial charge in [-0.25, -0.2) is 0 Å². The van der Waals surface area contributed by atoms with Crippen molar-refractivity contribution < 1.29 is 4.79 Å². The standard InChI is InChI=1S/C11H19NO/c1-6-8(10(12)13)4-7-5-9(6)11(7,2)3/h6-9H,4-5H2,1-3H3,(H2,12,13)/t6-,7+,8+,9+/m0/s1. The summed E-state index contributed by atoms with van der Waals surface area (Å²) in [6, 6.07) is 0. The highest BCUT2D eigenvalue weighted by Crippen LogP contribution is 2.62. The van der Waals surface area contributed by atoms with Crippen LogP contribution in [0, 0.1) is 29.1 Å². The van der Waals surface area contributed by atoms with Gasteiger partial charge in [-0.05, 0) is 36.0 Å². The third-order valence-corrected chi connectivity index (χ3v) is 4.72. The molecule has 3 fully saturated rings. The fraction of sp³-hybridized carbons (Fsp3) is 0.909. The summed E-state index contributed by atoms with van der Waals surface area (Å²) in [6.07, 6.45) is 2.35. The molecule has 74 valence electrons. The number of nitrogens with two attached hydrogens (primary N) is 1. The van der Waals surface area contributed by atoms with Crippen LogP contribution in [0.3, 0.4) is 0 Å². The quantitative estimate of drug-likeness (QED) is 0.658. The van der Waals surface area contributed by atoms with Gasteiger partial charge in [0, 0.05) is 5.92 Å². The zero-order valence-electron chi connectivity index (χ0n) is 8.71. The summed E-state index contributed by atoms with van der Waals surface area (Å²) >= 11 is 0. The van der Waals surface area contributed by atoms with Gasteiger partial charge in [0.05, 0.1) is 0 Å². The number of amides is 1. The van der Waals surface area contributed by atoms with Crippen LogP contribution in [0.4, 0.5) is 0 Å². The Morgan fingerprint density at radius 3 is 2.38 bits per heavy atom. The highest BCUT2D eigenvalue weighted by atomic mass is 16.1. The first kappa shape index (κ1) is 9.04. The van der Waals surface area contributed by atoms with E-state index in [0.29, 0.717) is 11.3 Å². The second kappa shape index (κ2) is 2.49. The molecule has 3 aliphatic rings. The van der Waals surface area contributed by atoms with E-state index in [0.717, 1.165) is 18.3 Å². The normalized spacial score (nSPS) is 46.7. The van der Waals surface area contributed by atoms with Crippen molar-refractivity contribution in [3.05, 3.63) is 0 Å². The van der Waals surface area contributed by atoms with Gasteiger partial charge in [0.2, 0.25) is 5.91 Å². The lowest BCUT2D eigenvalue weighted by molar-refractivity contribution is -0.151. The van der Waals surface area contributed by atoms with Gasteiger partial charge in [-0.1, -0.05) is 20.8 Å². The van der Waals surface area contributed by atoms with Crippen molar-refractivity contribution in [1.29, 1.82) is 0 Å². The average Bonchev–Trinajstić information content (AvgIpc) is 2.02. The van der Waals surface area contributed by atoms with E-state index in [4.69, 9.17) is 5.73 Å². The van der Waals surface area contributed by atoms with Gasteiger partial charge in [0.25, 0.3) is 0 Å². The first-order chi connectivity index (χ1) is 5.94. The van der Waals surface area contributed by atoms with Crippen molar-refractivity contribution in [2.45, 2.75) is 33.6 Å². The molecule has 2 nitrogen and oxygen atoms in total. The molecule has 0 heterocycles. The highest BCUT2D eigenvalue weighted by Gasteiger charge is 2.57. The van der Waals surface area contributed by atoms with Gasteiger partial charge in [0.15, 0.2) is 0 Å². The van der Waals surface area contributed by atoms with Crippen LogP contribution in [0.25, 0.3) is 0 Å². The molecule has 3 saturated carbocycles. The second-order valence-electron chi connectivity index (χ2n) is 5.46. The van der Waals surface area contributed by atoms with Crippen LogP contribution < -0.4 is 5.73 Å². The summed E-state index contributed by atoms with van der Waals surface area (Å²) in [5.41, 5.74) is 5.85. The number of carbonyl (C=O) groups excluding carboxylic acids is 1. The number of hydrogen-bond acceptors (Lipinski definition) is 1. The van der Waals surface area contributed by atoms with Crippen molar-refractivity contribution in [2.24, 2.45) is 34.8 Å². The molecule has 0 aromatic heterocycles. The van der Waals surface area contributed by atoms with Crippen LogP contribution in [-0.2, 0) is 4.79 Å². The molecule has 0 saturated heterocycles. The molecule has 2 heteroatoms. The molecule has 0 spiro atoms. The Morgan fingerprint density at radius 2 is 2.00 bits per heavy atom. The third-order valence-electron chi connectivity index (χ3n) is 4.72. The number of carbonyl (C=O) groups is 1. The lowest BCUT2D eigenvalue weighted by Crippen LogP contribution is -2.57. The number of fused-ring (bicyclic) bond motifs is 2. The molecule has 0 aromatic carbocycles. The summed E-state index contributed by atoms with van der Waals surface area (Å²) in [5, 5.41) is 0. The minimum absolute atomic E-state index is 0.0855. The molecule has 2 bridgehead atoms. The van der Waals surface area contributed by atoms with Crippen LogP contribution in [0.2, 0.25) is 0 Å². The van der Waals surface area contributed by atoms with Gasteiger partial charge >= 0.3 is 0 Å². The molecular formula is C11H19NO. The maximum absolute atomic E-state index is 11.2. The Bertz CT molecular complexity index is 246. The van der Waals surface area contributed by atoms with E-state index < -0.39 is 0 Å². The maximum atomic E-state index is 11.2. The molecule has 4 atom stereocenters. The molecule has 0 aliphatic heterocycles. The molecule has 2 N–H and O–H groups in total. The lowest BCUT2D eigenvalue weighted by atomic mass is 9.43. The molecule has 0 unspecified atom stereocenters. The Labute approximate surface area is 79.9 Å². The van der Waals surface area contributed by atoms with Gasteiger partial charge < -0.3 is 5.73 Å². The van der Waals surface area contributed by atoms with Crippen LogP contribution >= 0.6 is 0 Å². The summed E-state index contributed by atoms with van der Waals surface area (Å²) in [7, 11) is 0. The molecule has 1 amide bonds. The highest BCUT2D eigenvalue weighted by molar-refractivity contribution is 5.77. The minimum Gasteiger partial charge on any atom is -0.369 e. The van der Waals surface area contributed by atoms with E-state index in [1.807, 2.05) is 0 Å². The summed E-state index contributed by atoms with van der Waals surface area (Å²) in [6.45, 7) is 6.86. The minimum atomic E-state index is -0.0855. The number of rotatable bonds is 1. The number of hydrogen-bond donors (Lipinski definition) is 1. The lowest BCUT2D eigenvalue weighted by Gasteiger charge is -2.61.